The normalized spacial score (nSPS) is 24.9. The maximum atomic E-state index is 12.3. The predicted molar refractivity (Wildman–Crippen MR) is 41.7 cm³/mol. The fourth-order valence-corrected chi connectivity index (χ4v) is 1.27. The Bertz CT molecular complexity index is 233. The molecule has 0 radical (unpaired) electrons. The van der Waals surface area contributed by atoms with Crippen molar-refractivity contribution in [2.24, 2.45) is 5.92 Å². The van der Waals surface area contributed by atoms with Gasteiger partial charge in [0.2, 0.25) is 0 Å². The third kappa shape index (κ3) is 1.90. The second-order valence-electron chi connectivity index (χ2n) is 3.18. The number of hydrogen-bond donors (Lipinski definition) is 0. The molecular formula is C9H11F3. The van der Waals surface area contributed by atoms with Gasteiger partial charge in [0.15, 0.2) is 0 Å². The van der Waals surface area contributed by atoms with Gasteiger partial charge in [0, 0.05) is 0 Å². The van der Waals surface area contributed by atoms with Crippen LogP contribution >= 0.6 is 0 Å². The van der Waals surface area contributed by atoms with E-state index in [1.807, 2.05) is 0 Å². The number of alkyl halides is 3. The van der Waals surface area contributed by atoms with Gasteiger partial charge in [-0.15, -0.1) is 0 Å². The zero-order valence-electron chi connectivity index (χ0n) is 7.07. The van der Waals surface area contributed by atoms with Gasteiger partial charge < -0.3 is 0 Å². The fraction of sp³-hybridized carbons (Fsp3) is 0.556. The summed E-state index contributed by atoms with van der Waals surface area (Å²) in [7, 11) is 0. The largest absolute Gasteiger partial charge is 0.416 e. The van der Waals surface area contributed by atoms with Crippen molar-refractivity contribution in [3.63, 3.8) is 0 Å². The van der Waals surface area contributed by atoms with Gasteiger partial charge >= 0.3 is 6.18 Å². The Hall–Kier alpha value is -0.730. The molecule has 0 heterocycles. The topological polar surface area (TPSA) is 0 Å². The molecule has 0 saturated carbocycles. The Balaban J connectivity index is 2.94. The Morgan fingerprint density at radius 2 is 2.00 bits per heavy atom. The Kier molecular flexibility index (Phi) is 2.31. The van der Waals surface area contributed by atoms with E-state index in [0.717, 1.165) is 0 Å². The highest BCUT2D eigenvalue weighted by Gasteiger charge is 2.35. The fourth-order valence-electron chi connectivity index (χ4n) is 1.27. The van der Waals surface area contributed by atoms with Crippen LogP contribution in [0.5, 0.6) is 0 Å². The molecule has 3 heteroatoms. The monoisotopic (exact) mass is 176 g/mol. The van der Waals surface area contributed by atoms with Crippen LogP contribution in [0, 0.1) is 5.92 Å². The highest BCUT2D eigenvalue weighted by Crippen LogP contribution is 2.35. The average molecular weight is 176 g/mol. The average Bonchev–Trinajstić information content (AvgIpc) is 1.92. The van der Waals surface area contributed by atoms with Gasteiger partial charge in [-0.2, -0.15) is 13.2 Å². The number of allylic oxidation sites excluding steroid dienone is 4. The van der Waals surface area contributed by atoms with Gasteiger partial charge in [-0.3, -0.25) is 0 Å². The number of rotatable bonds is 0. The van der Waals surface area contributed by atoms with Crippen molar-refractivity contribution in [3.8, 4) is 0 Å². The molecule has 0 bridgehead atoms. The van der Waals surface area contributed by atoms with E-state index in [2.05, 4.69) is 0 Å². The lowest BCUT2D eigenvalue weighted by Gasteiger charge is -2.19. The van der Waals surface area contributed by atoms with Crippen LogP contribution in [-0.2, 0) is 0 Å². The predicted octanol–water partition coefficient (Wildman–Crippen LogP) is 3.46. The smallest absolute Gasteiger partial charge is 0.166 e. The van der Waals surface area contributed by atoms with Crippen molar-refractivity contribution in [1.82, 2.24) is 0 Å². The first-order chi connectivity index (χ1) is 5.41. The highest BCUT2D eigenvalue weighted by atomic mass is 19.4. The van der Waals surface area contributed by atoms with Crippen LogP contribution in [-0.4, -0.2) is 6.18 Å². The first-order valence-corrected chi connectivity index (χ1v) is 3.87. The Morgan fingerprint density at radius 3 is 2.42 bits per heavy atom. The summed E-state index contributed by atoms with van der Waals surface area (Å²) in [4.78, 5) is 0. The lowest BCUT2D eigenvalue weighted by Crippen LogP contribution is -2.16. The molecule has 0 saturated heterocycles. The molecule has 68 valence electrons. The number of halogens is 3. The molecule has 0 aromatic rings. The van der Waals surface area contributed by atoms with Crippen molar-refractivity contribution in [2.75, 3.05) is 0 Å². The van der Waals surface area contributed by atoms with Crippen molar-refractivity contribution < 1.29 is 13.2 Å². The van der Waals surface area contributed by atoms with Gasteiger partial charge in [-0.25, -0.2) is 0 Å². The molecule has 1 rings (SSSR count). The minimum absolute atomic E-state index is 0.00493. The van der Waals surface area contributed by atoms with Crippen molar-refractivity contribution >= 4 is 0 Å². The zero-order valence-corrected chi connectivity index (χ0v) is 7.07. The molecule has 0 N–H and O–H groups in total. The molecule has 1 unspecified atom stereocenters. The second-order valence-corrected chi connectivity index (χ2v) is 3.18. The standard InChI is InChI=1S/C9H11F3/c1-6-3-4-7(2)8(5-6)9(10,11)12/h4-6H,3H2,1-2H3. The van der Waals surface area contributed by atoms with Crippen LogP contribution in [0.4, 0.5) is 13.2 Å². The van der Waals surface area contributed by atoms with Crippen LogP contribution < -0.4 is 0 Å². The molecule has 0 aromatic heterocycles. The SMILES string of the molecule is CC1=CCC(C)C=C1C(F)(F)F. The molecule has 1 atom stereocenters. The van der Waals surface area contributed by atoms with Crippen LogP contribution in [0.15, 0.2) is 23.3 Å². The van der Waals surface area contributed by atoms with Crippen LogP contribution in [0.3, 0.4) is 0 Å². The number of hydrogen-bond acceptors (Lipinski definition) is 0. The van der Waals surface area contributed by atoms with E-state index in [9.17, 15) is 13.2 Å². The third-order valence-corrected chi connectivity index (χ3v) is 1.98. The van der Waals surface area contributed by atoms with E-state index >= 15 is 0 Å². The molecule has 0 amide bonds. The van der Waals surface area contributed by atoms with Gasteiger partial charge in [0.05, 0.1) is 5.57 Å². The molecule has 1 aliphatic carbocycles. The van der Waals surface area contributed by atoms with Gasteiger partial charge in [-0.1, -0.05) is 19.1 Å². The maximum Gasteiger partial charge on any atom is 0.416 e. The summed E-state index contributed by atoms with van der Waals surface area (Å²) < 4.78 is 36.8. The molecule has 0 aliphatic heterocycles. The summed E-state index contributed by atoms with van der Waals surface area (Å²) in [5.41, 5.74) is -0.123. The van der Waals surface area contributed by atoms with E-state index in [4.69, 9.17) is 0 Å². The summed E-state index contributed by atoms with van der Waals surface area (Å²) in [5.74, 6) is 0.00493. The minimum atomic E-state index is -4.19. The molecule has 0 spiro atoms. The van der Waals surface area contributed by atoms with Gasteiger partial charge in [-0.05, 0) is 24.8 Å². The Morgan fingerprint density at radius 1 is 1.42 bits per heavy atom. The highest BCUT2D eigenvalue weighted by molar-refractivity contribution is 5.36. The zero-order chi connectivity index (χ0) is 9.35. The summed E-state index contributed by atoms with van der Waals surface area (Å²) in [5, 5.41) is 0. The molecule has 1 aliphatic rings. The van der Waals surface area contributed by atoms with Crippen molar-refractivity contribution in [3.05, 3.63) is 23.3 Å². The quantitative estimate of drug-likeness (QED) is 0.530. The van der Waals surface area contributed by atoms with Gasteiger partial charge in [0.25, 0.3) is 0 Å². The molecule has 12 heavy (non-hydrogen) atoms. The van der Waals surface area contributed by atoms with Gasteiger partial charge in [0.1, 0.15) is 0 Å². The molecule has 0 fully saturated rings. The van der Waals surface area contributed by atoms with Crippen LogP contribution in [0.25, 0.3) is 0 Å². The lowest BCUT2D eigenvalue weighted by atomic mass is 9.92. The lowest BCUT2D eigenvalue weighted by molar-refractivity contribution is -0.0900. The van der Waals surface area contributed by atoms with E-state index in [-0.39, 0.29) is 5.92 Å². The van der Waals surface area contributed by atoms with E-state index in [1.165, 1.54) is 13.0 Å². The molecule has 0 aromatic carbocycles. The molecule has 0 nitrogen and oxygen atoms in total. The summed E-state index contributed by atoms with van der Waals surface area (Å²) in [6.07, 6.45) is -0.524. The Labute approximate surface area is 69.8 Å². The van der Waals surface area contributed by atoms with E-state index in [0.29, 0.717) is 12.0 Å². The van der Waals surface area contributed by atoms with Crippen LogP contribution in [0.1, 0.15) is 20.3 Å². The van der Waals surface area contributed by atoms with E-state index < -0.39 is 11.7 Å². The summed E-state index contributed by atoms with van der Waals surface area (Å²) in [6.45, 7) is 3.29. The molecular weight excluding hydrogens is 165 g/mol. The minimum Gasteiger partial charge on any atom is -0.166 e. The maximum absolute atomic E-state index is 12.3. The third-order valence-electron chi connectivity index (χ3n) is 1.98. The van der Waals surface area contributed by atoms with Crippen molar-refractivity contribution in [1.29, 1.82) is 0 Å². The second kappa shape index (κ2) is 2.96. The summed E-state index contributed by atoms with van der Waals surface area (Å²) >= 11 is 0. The summed E-state index contributed by atoms with van der Waals surface area (Å²) in [6, 6.07) is 0. The first-order valence-electron chi connectivity index (χ1n) is 3.87. The van der Waals surface area contributed by atoms with Crippen molar-refractivity contribution in [2.45, 2.75) is 26.4 Å². The van der Waals surface area contributed by atoms with E-state index in [1.54, 1.807) is 13.0 Å². The first kappa shape index (κ1) is 9.36. The van der Waals surface area contributed by atoms with Crippen LogP contribution in [0.2, 0.25) is 0 Å².